The van der Waals surface area contributed by atoms with E-state index in [0.29, 0.717) is 29.7 Å². The molecule has 0 radical (unpaired) electrons. The average molecular weight is 484 g/mol. The summed E-state index contributed by atoms with van der Waals surface area (Å²) in [5.74, 6) is 0.442. The zero-order valence-corrected chi connectivity index (χ0v) is 19.2. The van der Waals surface area contributed by atoms with Crippen molar-refractivity contribution in [1.29, 1.82) is 0 Å². The van der Waals surface area contributed by atoms with Gasteiger partial charge in [-0.15, -0.1) is 0 Å². The Kier molecular flexibility index (Phi) is 10.6. The van der Waals surface area contributed by atoms with E-state index >= 15 is 0 Å². The summed E-state index contributed by atoms with van der Waals surface area (Å²) >= 11 is 6.27. The zero-order chi connectivity index (χ0) is 24.9. The van der Waals surface area contributed by atoms with Gasteiger partial charge < -0.3 is 24.4 Å². The SMILES string of the molecule is C=O.C=O.COCCOc1ccnc2ccc(-c3cnc(Cl)c(Nc4ccc(F)cc4)c3)cc12. The van der Waals surface area contributed by atoms with Crippen LogP contribution in [0.1, 0.15) is 0 Å². The van der Waals surface area contributed by atoms with Crippen molar-refractivity contribution >= 4 is 47.5 Å². The molecule has 1 N–H and O–H groups in total. The summed E-state index contributed by atoms with van der Waals surface area (Å²) in [6.07, 6.45) is 3.43. The number of hydrogen-bond acceptors (Lipinski definition) is 7. The zero-order valence-electron chi connectivity index (χ0n) is 18.5. The lowest BCUT2D eigenvalue weighted by atomic mass is 10.0. The number of anilines is 2. The van der Waals surface area contributed by atoms with E-state index in [1.54, 1.807) is 31.6 Å². The first kappa shape index (κ1) is 26.4. The largest absolute Gasteiger partial charge is 0.490 e. The molecule has 0 fully saturated rings. The molecule has 0 aliphatic carbocycles. The van der Waals surface area contributed by atoms with Crippen LogP contribution in [0.4, 0.5) is 15.8 Å². The number of methoxy groups -OCH3 is 1. The Hall–Kier alpha value is -3.88. The first-order valence-corrected chi connectivity index (χ1v) is 10.3. The molecule has 2 aromatic carbocycles. The van der Waals surface area contributed by atoms with Gasteiger partial charge in [0.05, 0.1) is 17.8 Å². The molecule has 0 amide bonds. The summed E-state index contributed by atoms with van der Waals surface area (Å²) in [5.41, 5.74) is 3.99. The molecule has 0 aliphatic heterocycles. The fourth-order valence-electron chi connectivity index (χ4n) is 3.04. The molecular weight excluding hydrogens is 461 g/mol. The Balaban J connectivity index is 0.000000970. The second-order valence-corrected chi connectivity index (χ2v) is 6.93. The van der Waals surface area contributed by atoms with Gasteiger partial charge in [0, 0.05) is 36.1 Å². The number of rotatable bonds is 7. The highest BCUT2D eigenvalue weighted by atomic mass is 35.5. The van der Waals surface area contributed by atoms with Crippen LogP contribution in [0.5, 0.6) is 5.75 Å². The van der Waals surface area contributed by atoms with Crippen LogP contribution >= 0.6 is 11.6 Å². The van der Waals surface area contributed by atoms with Crippen molar-refractivity contribution in [2.45, 2.75) is 0 Å². The molecule has 2 heterocycles. The van der Waals surface area contributed by atoms with E-state index in [1.165, 1.54) is 12.1 Å². The Morgan fingerprint density at radius 1 is 0.941 bits per heavy atom. The highest BCUT2D eigenvalue weighted by molar-refractivity contribution is 6.32. The molecule has 0 atom stereocenters. The Morgan fingerprint density at radius 2 is 1.68 bits per heavy atom. The van der Waals surface area contributed by atoms with Crippen molar-refractivity contribution in [3.05, 3.63) is 78.0 Å². The summed E-state index contributed by atoms with van der Waals surface area (Å²) in [7, 11) is 1.64. The summed E-state index contributed by atoms with van der Waals surface area (Å²) < 4.78 is 24.1. The van der Waals surface area contributed by atoms with Crippen molar-refractivity contribution in [3.8, 4) is 16.9 Å². The van der Waals surface area contributed by atoms with Gasteiger partial charge in [-0.05, 0) is 54.1 Å². The summed E-state index contributed by atoms with van der Waals surface area (Å²) in [6.45, 7) is 4.96. The number of carbonyl (C=O) groups is 2. The van der Waals surface area contributed by atoms with Crippen molar-refractivity contribution in [2.75, 3.05) is 25.6 Å². The van der Waals surface area contributed by atoms with Gasteiger partial charge in [0.1, 0.15) is 31.8 Å². The molecule has 4 rings (SSSR count). The van der Waals surface area contributed by atoms with E-state index < -0.39 is 0 Å². The van der Waals surface area contributed by atoms with Crippen LogP contribution in [0.2, 0.25) is 5.15 Å². The molecule has 0 unspecified atom stereocenters. The molecule has 0 bridgehead atoms. The predicted octanol–water partition coefficient (Wildman–Crippen LogP) is 5.49. The third-order valence-corrected chi connectivity index (χ3v) is 4.84. The topological polar surface area (TPSA) is 90.4 Å². The van der Waals surface area contributed by atoms with Gasteiger partial charge in [0.15, 0.2) is 5.15 Å². The van der Waals surface area contributed by atoms with Crippen LogP contribution in [0.3, 0.4) is 0 Å². The van der Waals surface area contributed by atoms with Crippen LogP contribution in [0, 0.1) is 5.82 Å². The number of ether oxygens (including phenoxy) is 2. The van der Waals surface area contributed by atoms with Crippen LogP contribution in [-0.2, 0) is 14.3 Å². The van der Waals surface area contributed by atoms with Gasteiger partial charge >= 0.3 is 0 Å². The molecule has 7 nitrogen and oxygen atoms in total. The standard InChI is InChI=1S/C23H19ClFN3O2.2CH2O/c1-29-10-11-30-22-8-9-26-20-7-2-15(12-19(20)22)16-13-21(23(24)27-14-16)28-18-5-3-17(25)4-6-18;2*1-2/h2-9,12-14,28H,10-11H2,1H3;2*1H2. The predicted molar refractivity (Wildman–Crippen MR) is 131 cm³/mol. The average Bonchev–Trinajstić information content (AvgIpc) is 2.89. The molecule has 0 spiro atoms. The lowest BCUT2D eigenvalue weighted by Crippen LogP contribution is -2.04. The minimum Gasteiger partial charge on any atom is -0.490 e. The molecular formula is C25H23ClFN3O4. The Bertz CT molecular complexity index is 1210. The third-order valence-electron chi connectivity index (χ3n) is 4.54. The van der Waals surface area contributed by atoms with Crippen molar-refractivity contribution in [3.63, 3.8) is 0 Å². The van der Waals surface area contributed by atoms with E-state index in [9.17, 15) is 4.39 Å². The van der Waals surface area contributed by atoms with Crippen LogP contribution in [0.15, 0.2) is 67.0 Å². The molecule has 0 saturated heterocycles. The minimum absolute atomic E-state index is 0.299. The molecule has 4 aromatic rings. The first-order chi connectivity index (χ1) is 16.6. The second-order valence-electron chi connectivity index (χ2n) is 6.58. The molecule has 2 aromatic heterocycles. The molecule has 9 heteroatoms. The molecule has 34 heavy (non-hydrogen) atoms. The van der Waals surface area contributed by atoms with Gasteiger partial charge in [-0.1, -0.05) is 17.7 Å². The van der Waals surface area contributed by atoms with E-state index in [1.807, 2.05) is 43.9 Å². The number of carbonyl (C=O) groups excluding carboxylic acids is 2. The number of nitrogens with zero attached hydrogens (tertiary/aromatic N) is 2. The molecule has 0 aliphatic rings. The lowest BCUT2D eigenvalue weighted by molar-refractivity contribution is -0.0987. The maximum atomic E-state index is 13.2. The number of halogens is 2. The summed E-state index contributed by atoms with van der Waals surface area (Å²) in [4.78, 5) is 24.7. The Morgan fingerprint density at radius 3 is 2.38 bits per heavy atom. The maximum absolute atomic E-state index is 13.2. The quantitative estimate of drug-likeness (QED) is 0.274. The highest BCUT2D eigenvalue weighted by Gasteiger charge is 2.09. The van der Waals surface area contributed by atoms with E-state index in [0.717, 1.165) is 27.8 Å². The van der Waals surface area contributed by atoms with Crippen LogP contribution in [0.25, 0.3) is 22.0 Å². The normalized spacial score (nSPS) is 9.85. The monoisotopic (exact) mass is 483 g/mol. The molecule has 0 saturated carbocycles. The lowest BCUT2D eigenvalue weighted by Gasteiger charge is -2.12. The second kappa shape index (κ2) is 13.6. The summed E-state index contributed by atoms with van der Waals surface area (Å²) in [6, 6.07) is 15.7. The van der Waals surface area contributed by atoms with Crippen molar-refractivity contribution < 1.29 is 23.5 Å². The smallest absolute Gasteiger partial charge is 0.152 e. The fourth-order valence-corrected chi connectivity index (χ4v) is 3.19. The summed E-state index contributed by atoms with van der Waals surface area (Å²) in [5, 5.41) is 4.41. The first-order valence-electron chi connectivity index (χ1n) is 9.91. The van der Waals surface area contributed by atoms with Gasteiger partial charge in [-0.2, -0.15) is 0 Å². The minimum atomic E-state index is -0.299. The van der Waals surface area contributed by atoms with E-state index in [2.05, 4.69) is 15.3 Å². The number of benzene rings is 2. The van der Waals surface area contributed by atoms with Gasteiger partial charge in [0.25, 0.3) is 0 Å². The number of aromatic nitrogens is 2. The van der Waals surface area contributed by atoms with Crippen LogP contribution in [-0.4, -0.2) is 43.9 Å². The number of nitrogens with one attached hydrogen (secondary N) is 1. The highest BCUT2D eigenvalue weighted by Crippen LogP contribution is 2.32. The van der Waals surface area contributed by atoms with Crippen molar-refractivity contribution in [1.82, 2.24) is 9.97 Å². The third kappa shape index (κ3) is 6.81. The van der Waals surface area contributed by atoms with Gasteiger partial charge in [0.2, 0.25) is 0 Å². The van der Waals surface area contributed by atoms with Crippen molar-refractivity contribution in [2.24, 2.45) is 0 Å². The van der Waals surface area contributed by atoms with Gasteiger partial charge in [-0.25, -0.2) is 9.37 Å². The van der Waals surface area contributed by atoms with Gasteiger partial charge in [-0.3, -0.25) is 4.98 Å². The number of hydrogen-bond donors (Lipinski definition) is 1. The fraction of sp³-hybridized carbons (Fsp3) is 0.120. The van der Waals surface area contributed by atoms with E-state index in [-0.39, 0.29) is 5.82 Å². The molecule has 176 valence electrons. The number of fused-ring (bicyclic) bond motifs is 1. The van der Waals surface area contributed by atoms with Crippen LogP contribution < -0.4 is 10.1 Å². The van der Waals surface area contributed by atoms with E-state index in [4.69, 9.17) is 30.7 Å². The number of pyridine rings is 2. The Labute approximate surface area is 201 Å². The maximum Gasteiger partial charge on any atom is 0.152 e.